The molecule has 1 aliphatic rings. The minimum Gasteiger partial charge on any atom is -0.340 e. The fourth-order valence-electron chi connectivity index (χ4n) is 3.02. The van der Waals surface area contributed by atoms with E-state index in [0.717, 1.165) is 18.7 Å². The number of amides is 1. The van der Waals surface area contributed by atoms with Crippen LogP contribution in [-0.4, -0.2) is 51.7 Å². The molecular formula is C18H22ClFN4O. The Morgan fingerprint density at radius 3 is 2.68 bits per heavy atom. The molecule has 25 heavy (non-hydrogen) atoms. The number of benzene rings is 1. The molecular weight excluding hydrogens is 343 g/mol. The second-order valence-corrected chi connectivity index (χ2v) is 6.80. The molecule has 0 N–H and O–H groups in total. The van der Waals surface area contributed by atoms with Gasteiger partial charge in [-0.2, -0.15) is 5.10 Å². The Balaban J connectivity index is 1.47. The molecule has 2 aromatic rings. The molecule has 0 spiro atoms. The van der Waals surface area contributed by atoms with Gasteiger partial charge >= 0.3 is 0 Å². The van der Waals surface area contributed by atoms with Crippen LogP contribution in [-0.2, 0) is 17.9 Å². The predicted octanol–water partition coefficient (Wildman–Crippen LogP) is 2.72. The molecule has 0 aliphatic carbocycles. The quantitative estimate of drug-likeness (QED) is 0.819. The van der Waals surface area contributed by atoms with Gasteiger partial charge in [0, 0.05) is 62.5 Å². The number of aromatic nitrogens is 2. The maximum absolute atomic E-state index is 13.9. The highest BCUT2D eigenvalue weighted by atomic mass is 35.5. The number of carbonyl (C=O) groups is 1. The first-order chi connectivity index (χ1) is 12.0. The number of carbonyl (C=O) groups excluding carboxylic acids is 1. The normalized spacial score (nSPS) is 15.6. The third-order valence-electron chi connectivity index (χ3n) is 4.49. The topological polar surface area (TPSA) is 41.4 Å². The Hall–Kier alpha value is -1.92. The SMILES string of the molecule is Cc1cnn(CCC(=O)N2CCN(Cc3c(F)cccc3Cl)CC2)c1. The Labute approximate surface area is 152 Å². The van der Waals surface area contributed by atoms with E-state index in [0.29, 0.717) is 43.2 Å². The predicted molar refractivity (Wildman–Crippen MR) is 94.8 cm³/mol. The molecule has 1 fully saturated rings. The highest BCUT2D eigenvalue weighted by Crippen LogP contribution is 2.21. The van der Waals surface area contributed by atoms with Crippen LogP contribution in [0.25, 0.3) is 0 Å². The molecule has 1 aromatic heterocycles. The minimum atomic E-state index is -0.277. The largest absolute Gasteiger partial charge is 0.340 e. The van der Waals surface area contributed by atoms with Crippen LogP contribution in [0.4, 0.5) is 4.39 Å². The van der Waals surface area contributed by atoms with Crippen LogP contribution in [0.1, 0.15) is 17.5 Å². The summed E-state index contributed by atoms with van der Waals surface area (Å²) in [7, 11) is 0. The van der Waals surface area contributed by atoms with Crippen LogP contribution >= 0.6 is 11.6 Å². The van der Waals surface area contributed by atoms with Gasteiger partial charge < -0.3 is 4.90 Å². The van der Waals surface area contributed by atoms with Gasteiger partial charge in [0.2, 0.25) is 5.91 Å². The summed E-state index contributed by atoms with van der Waals surface area (Å²) in [6.07, 6.45) is 4.17. The summed E-state index contributed by atoms with van der Waals surface area (Å²) in [4.78, 5) is 16.3. The zero-order valence-electron chi connectivity index (χ0n) is 14.3. The molecule has 0 radical (unpaired) electrons. The smallest absolute Gasteiger partial charge is 0.224 e. The van der Waals surface area contributed by atoms with Gasteiger partial charge in [0.05, 0.1) is 6.20 Å². The van der Waals surface area contributed by atoms with Crippen molar-refractivity contribution in [3.05, 3.63) is 52.6 Å². The summed E-state index contributed by atoms with van der Waals surface area (Å²) in [5, 5.41) is 4.65. The zero-order chi connectivity index (χ0) is 17.8. The molecule has 5 nitrogen and oxygen atoms in total. The Morgan fingerprint density at radius 2 is 2.04 bits per heavy atom. The second-order valence-electron chi connectivity index (χ2n) is 6.39. The molecule has 2 heterocycles. The number of nitrogens with zero attached hydrogens (tertiary/aromatic N) is 4. The Morgan fingerprint density at radius 1 is 1.28 bits per heavy atom. The summed E-state index contributed by atoms with van der Waals surface area (Å²) in [6, 6.07) is 4.74. The van der Waals surface area contributed by atoms with Crippen LogP contribution in [0.3, 0.4) is 0 Å². The van der Waals surface area contributed by atoms with Crippen molar-refractivity contribution in [1.29, 1.82) is 0 Å². The lowest BCUT2D eigenvalue weighted by Gasteiger charge is -2.35. The van der Waals surface area contributed by atoms with E-state index in [1.165, 1.54) is 6.07 Å². The molecule has 1 aliphatic heterocycles. The van der Waals surface area contributed by atoms with Crippen LogP contribution < -0.4 is 0 Å². The van der Waals surface area contributed by atoms with Gasteiger partial charge in [-0.3, -0.25) is 14.4 Å². The van der Waals surface area contributed by atoms with Gasteiger partial charge in [-0.1, -0.05) is 17.7 Å². The van der Waals surface area contributed by atoms with Crippen LogP contribution in [0.2, 0.25) is 5.02 Å². The van der Waals surface area contributed by atoms with Crippen molar-refractivity contribution in [2.75, 3.05) is 26.2 Å². The number of halogens is 2. The molecule has 0 saturated carbocycles. The van der Waals surface area contributed by atoms with Gasteiger partial charge in [0.25, 0.3) is 0 Å². The highest BCUT2D eigenvalue weighted by molar-refractivity contribution is 6.31. The number of hydrogen-bond donors (Lipinski definition) is 0. The third kappa shape index (κ3) is 4.58. The zero-order valence-corrected chi connectivity index (χ0v) is 15.0. The molecule has 7 heteroatoms. The van der Waals surface area contributed by atoms with Crippen LogP contribution in [0.5, 0.6) is 0 Å². The van der Waals surface area contributed by atoms with E-state index < -0.39 is 0 Å². The summed E-state index contributed by atoms with van der Waals surface area (Å²) in [6.45, 7) is 5.80. The van der Waals surface area contributed by atoms with Crippen molar-refractivity contribution in [3.63, 3.8) is 0 Å². The van der Waals surface area contributed by atoms with E-state index in [-0.39, 0.29) is 11.7 Å². The van der Waals surface area contributed by atoms with E-state index in [4.69, 9.17) is 11.6 Å². The summed E-state index contributed by atoms with van der Waals surface area (Å²) < 4.78 is 15.7. The number of hydrogen-bond acceptors (Lipinski definition) is 3. The monoisotopic (exact) mass is 364 g/mol. The summed E-state index contributed by atoms with van der Waals surface area (Å²) in [5.74, 6) is -0.141. The molecule has 0 bridgehead atoms. The van der Waals surface area contributed by atoms with Crippen molar-refractivity contribution in [3.8, 4) is 0 Å². The number of aryl methyl sites for hydroxylation is 2. The highest BCUT2D eigenvalue weighted by Gasteiger charge is 2.22. The van der Waals surface area contributed by atoms with Crippen molar-refractivity contribution in [2.24, 2.45) is 0 Å². The van der Waals surface area contributed by atoms with Gasteiger partial charge in [0.15, 0.2) is 0 Å². The average molecular weight is 365 g/mol. The van der Waals surface area contributed by atoms with E-state index in [1.807, 2.05) is 18.0 Å². The minimum absolute atomic E-state index is 0.136. The van der Waals surface area contributed by atoms with Crippen molar-refractivity contribution in [2.45, 2.75) is 26.4 Å². The van der Waals surface area contributed by atoms with E-state index in [1.54, 1.807) is 23.0 Å². The lowest BCUT2D eigenvalue weighted by molar-refractivity contribution is -0.133. The third-order valence-corrected chi connectivity index (χ3v) is 4.84. The summed E-state index contributed by atoms with van der Waals surface area (Å²) >= 11 is 6.09. The maximum atomic E-state index is 13.9. The van der Waals surface area contributed by atoms with Crippen molar-refractivity contribution in [1.82, 2.24) is 19.6 Å². The number of rotatable bonds is 5. The van der Waals surface area contributed by atoms with E-state index >= 15 is 0 Å². The first-order valence-electron chi connectivity index (χ1n) is 8.45. The molecule has 1 aromatic carbocycles. The molecule has 0 unspecified atom stereocenters. The first-order valence-corrected chi connectivity index (χ1v) is 8.83. The molecule has 134 valence electrons. The average Bonchev–Trinajstić information content (AvgIpc) is 3.02. The van der Waals surface area contributed by atoms with Crippen molar-refractivity contribution < 1.29 is 9.18 Å². The van der Waals surface area contributed by atoms with E-state index in [9.17, 15) is 9.18 Å². The van der Waals surface area contributed by atoms with Gasteiger partial charge in [-0.25, -0.2) is 4.39 Å². The lowest BCUT2D eigenvalue weighted by atomic mass is 10.1. The lowest BCUT2D eigenvalue weighted by Crippen LogP contribution is -2.48. The molecule has 1 amide bonds. The van der Waals surface area contributed by atoms with Gasteiger partial charge in [-0.05, 0) is 24.6 Å². The fourth-order valence-corrected chi connectivity index (χ4v) is 3.24. The Bertz CT molecular complexity index is 720. The van der Waals surface area contributed by atoms with E-state index in [2.05, 4.69) is 10.00 Å². The standard InChI is InChI=1S/C18H22ClFN4O/c1-14-11-21-24(12-14)6-5-18(25)23-9-7-22(8-10-23)13-15-16(19)3-2-4-17(15)20/h2-4,11-12H,5-10,13H2,1H3. The fraction of sp³-hybridized carbons (Fsp3) is 0.444. The Kier molecular flexibility index (Phi) is 5.71. The second kappa shape index (κ2) is 7.97. The van der Waals surface area contributed by atoms with Crippen molar-refractivity contribution >= 4 is 17.5 Å². The maximum Gasteiger partial charge on any atom is 0.224 e. The number of piperazine rings is 1. The summed E-state index contributed by atoms with van der Waals surface area (Å²) in [5.41, 5.74) is 1.62. The molecule has 0 atom stereocenters. The molecule has 3 rings (SSSR count). The molecule has 1 saturated heterocycles. The van der Waals surface area contributed by atoms with Crippen LogP contribution in [0.15, 0.2) is 30.6 Å². The first kappa shape index (κ1) is 17.9. The van der Waals surface area contributed by atoms with Gasteiger partial charge in [-0.15, -0.1) is 0 Å². The van der Waals surface area contributed by atoms with Gasteiger partial charge in [0.1, 0.15) is 5.82 Å². The van der Waals surface area contributed by atoms with Crippen LogP contribution in [0, 0.1) is 12.7 Å².